The summed E-state index contributed by atoms with van der Waals surface area (Å²) < 4.78 is 5.50. The predicted octanol–water partition coefficient (Wildman–Crippen LogP) is 3.77. The van der Waals surface area contributed by atoms with Gasteiger partial charge in [-0.15, -0.1) is 0 Å². The van der Waals surface area contributed by atoms with Crippen molar-refractivity contribution in [2.24, 2.45) is 0 Å². The zero-order valence-electron chi connectivity index (χ0n) is 14.5. The second-order valence-corrected chi connectivity index (χ2v) is 6.06. The lowest BCUT2D eigenvalue weighted by Gasteiger charge is -2.16. The first kappa shape index (κ1) is 17.0. The van der Waals surface area contributed by atoms with Crippen LogP contribution < -0.4 is 15.0 Å². The molecular formula is C20H22N2O3. The van der Waals surface area contributed by atoms with Gasteiger partial charge in [-0.05, 0) is 68.3 Å². The molecule has 0 saturated carbocycles. The van der Waals surface area contributed by atoms with Crippen LogP contribution in [0.2, 0.25) is 0 Å². The molecule has 1 saturated heterocycles. The van der Waals surface area contributed by atoms with Crippen molar-refractivity contribution in [3.8, 4) is 5.75 Å². The van der Waals surface area contributed by atoms with Gasteiger partial charge in [-0.3, -0.25) is 9.59 Å². The summed E-state index contributed by atoms with van der Waals surface area (Å²) in [6.45, 7) is 5.21. The van der Waals surface area contributed by atoms with Crippen molar-refractivity contribution < 1.29 is 14.3 Å². The molecule has 0 aliphatic carbocycles. The number of amides is 2. The molecule has 5 nitrogen and oxygen atoms in total. The van der Waals surface area contributed by atoms with Crippen LogP contribution in [-0.4, -0.2) is 25.0 Å². The number of aryl methyl sites for hydroxylation is 1. The Bertz CT molecular complexity index is 784. The Hall–Kier alpha value is -2.82. The van der Waals surface area contributed by atoms with E-state index >= 15 is 0 Å². The number of nitrogens with one attached hydrogen (secondary N) is 1. The van der Waals surface area contributed by atoms with Gasteiger partial charge in [0.05, 0.1) is 6.61 Å². The van der Waals surface area contributed by atoms with Crippen molar-refractivity contribution in [3.05, 3.63) is 53.6 Å². The Labute approximate surface area is 147 Å². The molecule has 0 atom stereocenters. The smallest absolute Gasteiger partial charge is 0.255 e. The van der Waals surface area contributed by atoms with E-state index in [1.807, 2.05) is 50.2 Å². The number of carbonyl (C=O) groups is 2. The lowest BCUT2D eigenvalue weighted by Crippen LogP contribution is -2.23. The first-order valence-corrected chi connectivity index (χ1v) is 8.53. The van der Waals surface area contributed by atoms with Crippen LogP contribution in [-0.2, 0) is 4.79 Å². The summed E-state index contributed by atoms with van der Waals surface area (Å²) in [7, 11) is 0. The maximum atomic E-state index is 12.4. The van der Waals surface area contributed by atoms with E-state index < -0.39 is 0 Å². The third-order valence-electron chi connectivity index (χ3n) is 4.25. The van der Waals surface area contributed by atoms with E-state index in [1.165, 1.54) is 0 Å². The normalized spacial score (nSPS) is 13.8. The molecule has 2 amide bonds. The maximum Gasteiger partial charge on any atom is 0.255 e. The van der Waals surface area contributed by atoms with Crippen LogP contribution in [0, 0.1) is 6.92 Å². The van der Waals surface area contributed by atoms with Crippen LogP contribution >= 0.6 is 0 Å². The molecule has 1 aliphatic rings. The predicted molar refractivity (Wildman–Crippen MR) is 98.3 cm³/mol. The summed E-state index contributed by atoms with van der Waals surface area (Å²) in [5, 5.41) is 2.88. The molecular weight excluding hydrogens is 316 g/mol. The summed E-state index contributed by atoms with van der Waals surface area (Å²) in [5.74, 6) is 0.775. The number of hydrogen-bond acceptors (Lipinski definition) is 3. The largest absolute Gasteiger partial charge is 0.494 e. The first-order chi connectivity index (χ1) is 12.1. The van der Waals surface area contributed by atoms with E-state index in [0.717, 1.165) is 30.0 Å². The van der Waals surface area contributed by atoms with E-state index in [2.05, 4.69) is 5.32 Å². The average molecular weight is 338 g/mol. The number of hydrogen-bond donors (Lipinski definition) is 1. The van der Waals surface area contributed by atoms with Crippen molar-refractivity contribution in [1.29, 1.82) is 0 Å². The van der Waals surface area contributed by atoms with Gasteiger partial charge in [-0.2, -0.15) is 0 Å². The monoisotopic (exact) mass is 338 g/mol. The van der Waals surface area contributed by atoms with Crippen LogP contribution in [0.1, 0.15) is 35.7 Å². The van der Waals surface area contributed by atoms with Gasteiger partial charge in [0.15, 0.2) is 0 Å². The molecule has 3 rings (SSSR count). The summed E-state index contributed by atoms with van der Waals surface area (Å²) >= 11 is 0. The summed E-state index contributed by atoms with van der Waals surface area (Å²) in [4.78, 5) is 26.0. The Morgan fingerprint density at radius 2 is 1.96 bits per heavy atom. The Kier molecular flexibility index (Phi) is 5.03. The molecule has 2 aromatic rings. The lowest BCUT2D eigenvalue weighted by molar-refractivity contribution is -0.117. The minimum atomic E-state index is -0.170. The number of benzene rings is 2. The summed E-state index contributed by atoms with van der Waals surface area (Å²) in [5.41, 5.74) is 3.08. The number of rotatable bonds is 5. The highest BCUT2D eigenvalue weighted by molar-refractivity contribution is 6.04. The van der Waals surface area contributed by atoms with Gasteiger partial charge in [0.2, 0.25) is 5.91 Å². The SMILES string of the molecule is CCOc1ccc(C(=O)Nc2ccc(N3CCCC3=O)cc2)cc1C. The second-order valence-electron chi connectivity index (χ2n) is 6.06. The molecule has 1 N–H and O–H groups in total. The Balaban J connectivity index is 1.68. The molecule has 130 valence electrons. The van der Waals surface area contributed by atoms with Crippen molar-refractivity contribution in [2.75, 3.05) is 23.4 Å². The van der Waals surface area contributed by atoms with Gasteiger partial charge < -0.3 is 15.0 Å². The lowest BCUT2D eigenvalue weighted by atomic mass is 10.1. The standard InChI is InChI=1S/C20H22N2O3/c1-3-25-18-11-6-15(13-14(18)2)20(24)21-16-7-9-17(10-8-16)22-12-4-5-19(22)23/h6-11,13H,3-5,12H2,1-2H3,(H,21,24). The van der Waals surface area contributed by atoms with Crippen molar-refractivity contribution >= 4 is 23.2 Å². The molecule has 0 bridgehead atoms. The number of ether oxygens (including phenoxy) is 1. The van der Waals surface area contributed by atoms with E-state index in [9.17, 15) is 9.59 Å². The molecule has 1 heterocycles. The zero-order valence-corrected chi connectivity index (χ0v) is 14.5. The van der Waals surface area contributed by atoms with E-state index in [4.69, 9.17) is 4.74 Å². The van der Waals surface area contributed by atoms with Crippen LogP contribution in [0.3, 0.4) is 0 Å². The minimum Gasteiger partial charge on any atom is -0.494 e. The quantitative estimate of drug-likeness (QED) is 0.903. The fourth-order valence-electron chi connectivity index (χ4n) is 2.96. The molecule has 25 heavy (non-hydrogen) atoms. The molecule has 0 radical (unpaired) electrons. The average Bonchev–Trinajstić information content (AvgIpc) is 3.03. The Morgan fingerprint density at radius 3 is 2.56 bits per heavy atom. The third kappa shape index (κ3) is 3.82. The molecule has 1 fully saturated rings. The second kappa shape index (κ2) is 7.38. The summed E-state index contributed by atoms with van der Waals surface area (Å²) in [6, 6.07) is 12.8. The van der Waals surface area contributed by atoms with Gasteiger partial charge in [-0.25, -0.2) is 0 Å². The first-order valence-electron chi connectivity index (χ1n) is 8.53. The molecule has 0 aromatic heterocycles. The molecule has 2 aromatic carbocycles. The van der Waals surface area contributed by atoms with Crippen molar-refractivity contribution in [1.82, 2.24) is 0 Å². The van der Waals surface area contributed by atoms with Gasteiger partial charge in [0.25, 0.3) is 5.91 Å². The van der Waals surface area contributed by atoms with E-state index in [0.29, 0.717) is 24.3 Å². The van der Waals surface area contributed by atoms with E-state index in [1.54, 1.807) is 11.0 Å². The fraction of sp³-hybridized carbons (Fsp3) is 0.300. The fourth-order valence-corrected chi connectivity index (χ4v) is 2.96. The third-order valence-corrected chi connectivity index (χ3v) is 4.25. The topological polar surface area (TPSA) is 58.6 Å². The van der Waals surface area contributed by atoms with Crippen molar-refractivity contribution in [2.45, 2.75) is 26.7 Å². The Morgan fingerprint density at radius 1 is 1.20 bits per heavy atom. The van der Waals surface area contributed by atoms with Crippen LogP contribution in [0.25, 0.3) is 0 Å². The molecule has 0 unspecified atom stereocenters. The highest BCUT2D eigenvalue weighted by Crippen LogP contribution is 2.24. The van der Waals surface area contributed by atoms with Crippen LogP contribution in [0.5, 0.6) is 5.75 Å². The van der Waals surface area contributed by atoms with Crippen molar-refractivity contribution in [3.63, 3.8) is 0 Å². The van der Waals surface area contributed by atoms with Gasteiger partial charge in [-0.1, -0.05) is 0 Å². The maximum absolute atomic E-state index is 12.4. The highest BCUT2D eigenvalue weighted by atomic mass is 16.5. The van der Waals surface area contributed by atoms with Gasteiger partial charge in [0.1, 0.15) is 5.75 Å². The van der Waals surface area contributed by atoms with E-state index in [-0.39, 0.29) is 11.8 Å². The molecule has 5 heteroatoms. The molecule has 0 spiro atoms. The highest BCUT2D eigenvalue weighted by Gasteiger charge is 2.21. The number of carbonyl (C=O) groups excluding carboxylic acids is 2. The summed E-state index contributed by atoms with van der Waals surface area (Å²) in [6.07, 6.45) is 1.50. The zero-order chi connectivity index (χ0) is 17.8. The number of nitrogens with zero attached hydrogens (tertiary/aromatic N) is 1. The van der Waals surface area contributed by atoms with Crippen LogP contribution in [0.4, 0.5) is 11.4 Å². The number of anilines is 2. The van der Waals surface area contributed by atoms with Gasteiger partial charge >= 0.3 is 0 Å². The minimum absolute atomic E-state index is 0.154. The van der Waals surface area contributed by atoms with Crippen LogP contribution in [0.15, 0.2) is 42.5 Å². The molecule has 1 aliphatic heterocycles. The van der Waals surface area contributed by atoms with Gasteiger partial charge in [0, 0.05) is 29.9 Å².